The van der Waals surface area contributed by atoms with E-state index in [0.29, 0.717) is 36.9 Å². The molecule has 2 heterocycles. The van der Waals surface area contributed by atoms with Crippen LogP contribution in [0.1, 0.15) is 77.0 Å². The van der Waals surface area contributed by atoms with E-state index >= 15 is 0 Å². The van der Waals surface area contributed by atoms with Crippen LogP contribution in [0, 0.1) is 35.2 Å². The van der Waals surface area contributed by atoms with Crippen LogP contribution in [0.5, 0.6) is 0 Å². The summed E-state index contributed by atoms with van der Waals surface area (Å²) in [7, 11) is 0. The van der Waals surface area contributed by atoms with Gasteiger partial charge < -0.3 is 9.47 Å². The zero-order chi connectivity index (χ0) is 16.9. The van der Waals surface area contributed by atoms with Crippen molar-refractivity contribution in [3.05, 3.63) is 23.3 Å². The fraction of sp³-hybridized carbons (Fsp3) is 0.895. The van der Waals surface area contributed by atoms with Crippen LogP contribution in [-0.2, 0) is 9.47 Å². The zero-order valence-corrected chi connectivity index (χ0v) is 14.7. The lowest BCUT2D eigenvalue weighted by molar-refractivity contribution is -0.524. The second kappa shape index (κ2) is 8.61. The van der Waals surface area contributed by atoms with Crippen molar-refractivity contribution in [1.82, 2.24) is 0 Å². The van der Waals surface area contributed by atoms with E-state index in [0.717, 1.165) is 64.1 Å². The van der Waals surface area contributed by atoms with Gasteiger partial charge in [-0.05, 0) is 43.9 Å². The van der Waals surface area contributed by atoms with Crippen LogP contribution in [0.3, 0.4) is 0 Å². The first kappa shape index (κ1) is 18.1. The Labute approximate surface area is 145 Å². The second-order valence-electron chi connectivity index (χ2n) is 7.80. The molecule has 5 nitrogen and oxygen atoms in total. The quantitative estimate of drug-likeness (QED) is 0.312. The van der Waals surface area contributed by atoms with Gasteiger partial charge in [-0.1, -0.05) is 32.6 Å². The van der Waals surface area contributed by atoms with Gasteiger partial charge in [-0.2, -0.15) is 0 Å². The average molecular weight is 337 g/mol. The zero-order valence-electron chi connectivity index (χ0n) is 14.7. The molecule has 0 amide bonds. The minimum atomic E-state index is -0.416. The molecular weight excluding hydrogens is 306 g/mol. The first-order chi connectivity index (χ1) is 11.7. The summed E-state index contributed by atoms with van der Waals surface area (Å²) in [6.07, 6.45) is 13.1. The molecule has 4 bridgehead atoms. The summed E-state index contributed by atoms with van der Waals surface area (Å²) in [4.78, 5) is 11.1. The van der Waals surface area contributed by atoms with Crippen LogP contribution >= 0.6 is 0 Å². The summed E-state index contributed by atoms with van der Waals surface area (Å²) in [5.41, 5.74) is 0. The van der Waals surface area contributed by atoms with Crippen LogP contribution in [0.15, 0.2) is 0 Å². The molecule has 2 radical (unpaired) electrons. The third-order valence-electron chi connectivity index (χ3n) is 6.05. The number of rotatable bonds is 11. The van der Waals surface area contributed by atoms with Gasteiger partial charge >= 0.3 is 0 Å². The molecule has 24 heavy (non-hydrogen) atoms. The molecule has 2 aliphatic heterocycles. The molecule has 2 aliphatic carbocycles. The second-order valence-corrected chi connectivity index (χ2v) is 7.80. The number of nitro groups is 1. The monoisotopic (exact) mass is 337 g/mol. The molecule has 0 aromatic heterocycles. The highest BCUT2D eigenvalue weighted by atomic mass is 16.7. The van der Waals surface area contributed by atoms with Gasteiger partial charge in [0.2, 0.25) is 12.3 Å². The van der Waals surface area contributed by atoms with E-state index in [-0.39, 0.29) is 4.92 Å². The molecule has 2 saturated heterocycles. The number of unbranched alkanes of at least 4 members (excludes halogenated alkanes) is 4. The maximum absolute atomic E-state index is 11.2. The van der Waals surface area contributed by atoms with E-state index in [9.17, 15) is 10.1 Å². The highest BCUT2D eigenvalue weighted by Gasteiger charge is 2.51. The van der Waals surface area contributed by atoms with Crippen molar-refractivity contribution in [3.63, 3.8) is 0 Å². The van der Waals surface area contributed by atoms with E-state index in [2.05, 4.69) is 6.92 Å². The summed E-state index contributed by atoms with van der Waals surface area (Å²) in [6.45, 7) is 3.83. The Hall–Kier alpha value is -0.680. The van der Waals surface area contributed by atoms with E-state index in [1.54, 1.807) is 0 Å². The van der Waals surface area contributed by atoms with Gasteiger partial charge in [0.15, 0.2) is 0 Å². The van der Waals surface area contributed by atoms with Crippen LogP contribution in [0.2, 0.25) is 0 Å². The van der Waals surface area contributed by atoms with Crippen molar-refractivity contribution >= 4 is 0 Å². The average Bonchev–Trinajstić information content (AvgIpc) is 3.02. The Morgan fingerprint density at radius 2 is 1.62 bits per heavy atom. The van der Waals surface area contributed by atoms with Crippen molar-refractivity contribution in [2.24, 2.45) is 11.8 Å². The topological polar surface area (TPSA) is 61.6 Å². The SMILES string of the molecule is [CH2]CCCCCCC(CCC[C]1OC2CC3CC2CC3O1)[N+](=O)[O-]. The normalized spacial score (nSPS) is 33.0. The summed E-state index contributed by atoms with van der Waals surface area (Å²) >= 11 is 0. The Kier molecular flexibility index (Phi) is 6.50. The fourth-order valence-corrected chi connectivity index (χ4v) is 4.69. The Morgan fingerprint density at radius 1 is 1.00 bits per heavy atom. The van der Waals surface area contributed by atoms with Crippen molar-refractivity contribution < 1.29 is 14.4 Å². The van der Waals surface area contributed by atoms with Gasteiger partial charge in [0, 0.05) is 24.2 Å². The van der Waals surface area contributed by atoms with Gasteiger partial charge in [0.1, 0.15) is 0 Å². The van der Waals surface area contributed by atoms with Crippen LogP contribution < -0.4 is 0 Å². The predicted molar refractivity (Wildman–Crippen MR) is 91.5 cm³/mol. The molecule has 0 N–H and O–H groups in total. The Balaban J connectivity index is 1.34. The number of ether oxygens (including phenoxy) is 2. The molecule has 4 rings (SSSR count). The molecule has 4 aliphatic rings. The molecule has 2 saturated carbocycles. The van der Waals surface area contributed by atoms with Gasteiger partial charge in [-0.25, -0.2) is 0 Å². The van der Waals surface area contributed by atoms with E-state index in [1.807, 2.05) is 0 Å². The molecule has 5 heteroatoms. The van der Waals surface area contributed by atoms with Crippen LogP contribution in [0.4, 0.5) is 0 Å². The largest absolute Gasteiger partial charge is 0.342 e. The molecule has 0 aromatic rings. The van der Waals surface area contributed by atoms with Gasteiger partial charge in [0.05, 0.1) is 12.2 Å². The molecule has 136 valence electrons. The third kappa shape index (κ3) is 4.48. The Morgan fingerprint density at radius 3 is 2.21 bits per heavy atom. The first-order valence-electron chi connectivity index (χ1n) is 9.79. The van der Waals surface area contributed by atoms with Gasteiger partial charge in [0.25, 0.3) is 0 Å². The minimum Gasteiger partial charge on any atom is -0.342 e. The maximum atomic E-state index is 11.2. The summed E-state index contributed by atoms with van der Waals surface area (Å²) in [5, 5.41) is 11.2. The Bertz CT molecular complexity index is 398. The molecule has 5 unspecified atom stereocenters. The standard InChI is InChI=1S/C19H31NO4/c1-2-3-4-5-6-8-16(20(21)22)9-7-10-19-23-17-12-14-11-15(17)13-18(14)24-19/h14-18H,1-13H2. The third-order valence-corrected chi connectivity index (χ3v) is 6.05. The molecule has 0 aromatic carbocycles. The summed E-state index contributed by atoms with van der Waals surface area (Å²) in [5.74, 6) is 1.37. The smallest absolute Gasteiger partial charge is 0.224 e. The van der Waals surface area contributed by atoms with E-state index in [1.165, 1.54) is 6.42 Å². The van der Waals surface area contributed by atoms with Crippen molar-refractivity contribution in [2.45, 2.75) is 95.3 Å². The lowest BCUT2D eigenvalue weighted by atomic mass is 9.95. The summed E-state index contributed by atoms with van der Waals surface area (Å²) in [6, 6.07) is -0.416. The highest BCUT2D eigenvalue weighted by molar-refractivity contribution is 5.01. The molecule has 4 fully saturated rings. The van der Waals surface area contributed by atoms with Gasteiger partial charge in [-0.3, -0.25) is 10.1 Å². The first-order valence-corrected chi connectivity index (χ1v) is 9.79. The van der Waals surface area contributed by atoms with Crippen molar-refractivity contribution in [3.8, 4) is 0 Å². The maximum Gasteiger partial charge on any atom is 0.224 e. The van der Waals surface area contributed by atoms with Gasteiger partial charge in [-0.15, -0.1) is 0 Å². The van der Waals surface area contributed by atoms with Crippen LogP contribution in [-0.4, -0.2) is 23.2 Å². The number of hydrogen-bond donors (Lipinski definition) is 0. The number of fused-ring (bicyclic) bond motifs is 2. The van der Waals surface area contributed by atoms with E-state index < -0.39 is 6.04 Å². The predicted octanol–water partition coefficient (Wildman–Crippen LogP) is 4.68. The highest BCUT2D eigenvalue weighted by Crippen LogP contribution is 2.52. The summed E-state index contributed by atoms with van der Waals surface area (Å²) < 4.78 is 12.1. The lowest BCUT2D eigenvalue weighted by Crippen LogP contribution is -2.22. The lowest BCUT2D eigenvalue weighted by Gasteiger charge is -2.19. The molecule has 0 spiro atoms. The molecular formula is C19H31NO4. The van der Waals surface area contributed by atoms with Crippen LogP contribution in [0.25, 0.3) is 0 Å². The number of nitrogens with zero attached hydrogens (tertiary/aromatic N) is 1. The molecule has 5 atom stereocenters. The number of hydrogen-bond acceptors (Lipinski definition) is 4. The van der Waals surface area contributed by atoms with E-state index in [4.69, 9.17) is 9.47 Å². The van der Waals surface area contributed by atoms with Crippen molar-refractivity contribution in [1.29, 1.82) is 0 Å². The van der Waals surface area contributed by atoms with Crippen molar-refractivity contribution in [2.75, 3.05) is 0 Å². The fourth-order valence-electron chi connectivity index (χ4n) is 4.69. The minimum absolute atomic E-state index is 0.0975.